The molecular formula is C16H22O2. The van der Waals surface area contributed by atoms with Gasteiger partial charge in [0.1, 0.15) is 5.75 Å². The van der Waals surface area contributed by atoms with Crippen LogP contribution in [0.25, 0.3) is 0 Å². The van der Waals surface area contributed by atoms with E-state index in [0.29, 0.717) is 0 Å². The van der Waals surface area contributed by atoms with Gasteiger partial charge < -0.3 is 9.84 Å². The third-order valence-corrected chi connectivity index (χ3v) is 4.79. The fourth-order valence-electron chi connectivity index (χ4n) is 3.71. The van der Waals surface area contributed by atoms with Crippen molar-refractivity contribution in [2.45, 2.75) is 44.6 Å². The largest absolute Gasteiger partial charge is 0.497 e. The Kier molecular flexibility index (Phi) is 3.29. The number of aliphatic hydroxyl groups is 1. The molecule has 0 bridgehead atoms. The zero-order chi connectivity index (χ0) is 12.5. The molecule has 0 heterocycles. The molecule has 18 heavy (non-hydrogen) atoms. The van der Waals surface area contributed by atoms with Crippen molar-refractivity contribution in [1.29, 1.82) is 0 Å². The molecule has 2 heteroatoms. The Morgan fingerprint density at radius 2 is 2.00 bits per heavy atom. The highest BCUT2D eigenvalue weighted by Gasteiger charge is 2.31. The summed E-state index contributed by atoms with van der Waals surface area (Å²) in [5.41, 5.74) is 2.96. The Balaban J connectivity index is 1.73. The first-order valence-electron chi connectivity index (χ1n) is 7.10. The molecule has 0 amide bonds. The van der Waals surface area contributed by atoms with Crippen LogP contribution in [-0.4, -0.2) is 18.3 Å². The monoisotopic (exact) mass is 246 g/mol. The first-order chi connectivity index (χ1) is 8.76. The highest BCUT2D eigenvalue weighted by atomic mass is 16.5. The number of methoxy groups -OCH3 is 1. The number of fused-ring (bicyclic) bond motifs is 1. The number of hydrogen-bond donors (Lipinski definition) is 1. The van der Waals surface area contributed by atoms with Crippen LogP contribution < -0.4 is 4.74 Å². The molecule has 0 aromatic heterocycles. The Morgan fingerprint density at radius 1 is 1.11 bits per heavy atom. The molecule has 2 aliphatic rings. The van der Waals surface area contributed by atoms with Gasteiger partial charge in [-0.25, -0.2) is 0 Å². The molecule has 0 spiro atoms. The summed E-state index contributed by atoms with van der Waals surface area (Å²) < 4.78 is 5.29. The van der Waals surface area contributed by atoms with Crippen molar-refractivity contribution < 1.29 is 9.84 Å². The highest BCUT2D eigenvalue weighted by molar-refractivity contribution is 5.37. The molecular weight excluding hydrogens is 224 g/mol. The second kappa shape index (κ2) is 4.93. The minimum Gasteiger partial charge on any atom is -0.497 e. The molecule has 0 radical (unpaired) electrons. The van der Waals surface area contributed by atoms with E-state index in [1.165, 1.54) is 36.8 Å². The lowest BCUT2D eigenvalue weighted by Crippen LogP contribution is -2.21. The van der Waals surface area contributed by atoms with Crippen LogP contribution in [0.5, 0.6) is 5.75 Å². The molecule has 0 saturated heterocycles. The zero-order valence-electron chi connectivity index (χ0n) is 11.1. The van der Waals surface area contributed by atoms with Crippen LogP contribution in [0.3, 0.4) is 0 Å². The normalized spacial score (nSPS) is 31.1. The number of rotatable bonds is 2. The standard InChI is InChI=1S/C16H22O2/c1-18-16-7-5-12-8-11(2-3-14(12)10-16)13-4-6-15(17)9-13/h5,7,10-11,13,15,17H,2-4,6,8-9H2,1H3/t11-,13-,15+/m0/s1. The van der Waals surface area contributed by atoms with Crippen molar-refractivity contribution in [3.05, 3.63) is 29.3 Å². The molecule has 3 rings (SSSR count). The summed E-state index contributed by atoms with van der Waals surface area (Å²) in [4.78, 5) is 0. The van der Waals surface area contributed by atoms with Crippen molar-refractivity contribution >= 4 is 0 Å². The van der Waals surface area contributed by atoms with Crippen LogP contribution in [0.1, 0.15) is 36.8 Å². The maximum absolute atomic E-state index is 9.68. The van der Waals surface area contributed by atoms with Gasteiger partial charge in [0.05, 0.1) is 13.2 Å². The maximum Gasteiger partial charge on any atom is 0.119 e. The predicted molar refractivity (Wildman–Crippen MR) is 71.9 cm³/mol. The van der Waals surface area contributed by atoms with E-state index in [2.05, 4.69) is 18.2 Å². The van der Waals surface area contributed by atoms with Gasteiger partial charge in [0, 0.05) is 0 Å². The third kappa shape index (κ3) is 2.26. The second-order valence-corrected chi connectivity index (χ2v) is 5.86. The van der Waals surface area contributed by atoms with E-state index in [4.69, 9.17) is 4.74 Å². The van der Waals surface area contributed by atoms with E-state index in [0.717, 1.165) is 30.4 Å². The molecule has 98 valence electrons. The van der Waals surface area contributed by atoms with Gasteiger partial charge in [-0.3, -0.25) is 0 Å². The van der Waals surface area contributed by atoms with Gasteiger partial charge >= 0.3 is 0 Å². The lowest BCUT2D eigenvalue weighted by Gasteiger charge is -2.29. The van der Waals surface area contributed by atoms with Crippen LogP contribution in [0.4, 0.5) is 0 Å². The van der Waals surface area contributed by atoms with Crippen molar-refractivity contribution in [3.8, 4) is 5.75 Å². The summed E-state index contributed by atoms with van der Waals surface area (Å²) in [5.74, 6) is 2.50. The van der Waals surface area contributed by atoms with Crippen LogP contribution in [0, 0.1) is 11.8 Å². The molecule has 1 saturated carbocycles. The lowest BCUT2D eigenvalue weighted by atomic mass is 9.76. The maximum atomic E-state index is 9.68. The molecule has 0 unspecified atom stereocenters. The molecule has 1 fully saturated rings. The fourth-order valence-corrected chi connectivity index (χ4v) is 3.71. The summed E-state index contributed by atoms with van der Waals surface area (Å²) in [6.45, 7) is 0. The topological polar surface area (TPSA) is 29.5 Å². The minimum atomic E-state index is -0.0349. The fraction of sp³-hybridized carbons (Fsp3) is 0.625. The minimum absolute atomic E-state index is 0.0349. The summed E-state index contributed by atoms with van der Waals surface area (Å²) in [5, 5.41) is 9.68. The zero-order valence-corrected chi connectivity index (χ0v) is 11.1. The number of aryl methyl sites for hydroxylation is 1. The predicted octanol–water partition coefficient (Wildman–Crippen LogP) is 2.96. The van der Waals surface area contributed by atoms with Crippen molar-refractivity contribution in [2.75, 3.05) is 7.11 Å². The van der Waals surface area contributed by atoms with Crippen molar-refractivity contribution in [2.24, 2.45) is 11.8 Å². The van der Waals surface area contributed by atoms with Gasteiger partial charge in [-0.1, -0.05) is 6.07 Å². The molecule has 1 aromatic carbocycles. The van der Waals surface area contributed by atoms with Gasteiger partial charge in [-0.15, -0.1) is 0 Å². The molecule has 1 N–H and O–H groups in total. The van der Waals surface area contributed by atoms with Gasteiger partial charge in [-0.05, 0) is 73.6 Å². The molecule has 3 atom stereocenters. The van der Waals surface area contributed by atoms with Gasteiger partial charge in [0.15, 0.2) is 0 Å². The first kappa shape index (κ1) is 12.0. The SMILES string of the molecule is COc1ccc2c(c1)CC[C@H]([C@H]1CC[C@@H](O)C1)C2. The summed E-state index contributed by atoms with van der Waals surface area (Å²) in [6.07, 6.45) is 6.86. The van der Waals surface area contributed by atoms with E-state index in [-0.39, 0.29) is 6.10 Å². The summed E-state index contributed by atoms with van der Waals surface area (Å²) in [6, 6.07) is 6.49. The number of aliphatic hydroxyl groups excluding tert-OH is 1. The lowest BCUT2D eigenvalue weighted by molar-refractivity contribution is 0.168. The van der Waals surface area contributed by atoms with Crippen LogP contribution in [-0.2, 0) is 12.8 Å². The molecule has 2 nitrogen and oxygen atoms in total. The summed E-state index contributed by atoms with van der Waals surface area (Å²) in [7, 11) is 1.73. The van der Waals surface area contributed by atoms with E-state index >= 15 is 0 Å². The van der Waals surface area contributed by atoms with Gasteiger partial charge in [0.25, 0.3) is 0 Å². The smallest absolute Gasteiger partial charge is 0.119 e. The van der Waals surface area contributed by atoms with E-state index in [9.17, 15) is 5.11 Å². The Hall–Kier alpha value is -1.02. The Morgan fingerprint density at radius 3 is 2.72 bits per heavy atom. The average molecular weight is 246 g/mol. The van der Waals surface area contributed by atoms with Crippen molar-refractivity contribution in [3.63, 3.8) is 0 Å². The molecule has 0 aliphatic heterocycles. The van der Waals surface area contributed by atoms with E-state index in [1.807, 2.05) is 0 Å². The highest BCUT2D eigenvalue weighted by Crippen LogP contribution is 2.39. The number of benzene rings is 1. The summed E-state index contributed by atoms with van der Waals surface area (Å²) >= 11 is 0. The second-order valence-electron chi connectivity index (χ2n) is 5.86. The van der Waals surface area contributed by atoms with Crippen LogP contribution in [0.15, 0.2) is 18.2 Å². The molecule has 1 aromatic rings. The van der Waals surface area contributed by atoms with E-state index in [1.54, 1.807) is 7.11 Å². The first-order valence-corrected chi connectivity index (χ1v) is 7.10. The van der Waals surface area contributed by atoms with Crippen molar-refractivity contribution in [1.82, 2.24) is 0 Å². The third-order valence-electron chi connectivity index (χ3n) is 4.79. The van der Waals surface area contributed by atoms with Gasteiger partial charge in [-0.2, -0.15) is 0 Å². The van der Waals surface area contributed by atoms with E-state index < -0.39 is 0 Å². The number of hydrogen-bond acceptors (Lipinski definition) is 2. The Labute approximate surface area is 109 Å². The van der Waals surface area contributed by atoms with Crippen LogP contribution >= 0.6 is 0 Å². The Bertz CT molecular complexity index is 427. The number of ether oxygens (including phenoxy) is 1. The molecule has 2 aliphatic carbocycles. The average Bonchev–Trinajstić information content (AvgIpc) is 2.84. The van der Waals surface area contributed by atoms with Gasteiger partial charge in [0.2, 0.25) is 0 Å². The van der Waals surface area contributed by atoms with Crippen LogP contribution in [0.2, 0.25) is 0 Å². The quantitative estimate of drug-likeness (QED) is 0.869.